The van der Waals surface area contributed by atoms with Crippen molar-refractivity contribution in [2.75, 3.05) is 0 Å². The van der Waals surface area contributed by atoms with Crippen molar-refractivity contribution in [3.05, 3.63) is 131 Å². The first-order valence-electron chi connectivity index (χ1n) is 9.46. The molecule has 0 spiro atoms. The molecule has 0 heterocycles. The highest BCUT2D eigenvalue weighted by Crippen LogP contribution is 2.43. The van der Waals surface area contributed by atoms with Crippen LogP contribution in [0.3, 0.4) is 0 Å². The summed E-state index contributed by atoms with van der Waals surface area (Å²) in [5, 5.41) is 5.76. The third kappa shape index (κ3) is 4.36. The first-order chi connectivity index (χ1) is 14.2. The molecule has 4 heteroatoms. The number of nitrogens with one attached hydrogen (secondary N) is 1. The van der Waals surface area contributed by atoms with Crippen LogP contribution in [0.15, 0.2) is 115 Å². The highest BCUT2D eigenvalue weighted by atomic mass is 35.5. The molecule has 4 rings (SSSR count). The summed E-state index contributed by atoms with van der Waals surface area (Å²) in [4.78, 5) is 0. The van der Waals surface area contributed by atoms with Gasteiger partial charge in [-0.2, -0.15) is 0 Å². The van der Waals surface area contributed by atoms with Crippen molar-refractivity contribution in [3.63, 3.8) is 0 Å². The Morgan fingerprint density at radius 3 is 1.48 bits per heavy atom. The lowest BCUT2D eigenvalue weighted by molar-refractivity contribution is 0.572. The number of benzene rings is 4. The van der Waals surface area contributed by atoms with Crippen molar-refractivity contribution in [2.24, 2.45) is 0 Å². The second-order valence-electron chi connectivity index (χ2n) is 6.80. The Morgan fingerprint density at radius 2 is 1.00 bits per heavy atom. The number of halogens is 1. The molecule has 29 heavy (non-hydrogen) atoms. The van der Waals surface area contributed by atoms with Gasteiger partial charge in [0.05, 0.1) is 6.04 Å². The Balaban J connectivity index is 1.85. The first-order valence-corrected chi connectivity index (χ1v) is 11.5. The molecule has 1 unspecified atom stereocenters. The van der Waals surface area contributed by atoms with E-state index in [1.807, 2.05) is 115 Å². The van der Waals surface area contributed by atoms with Gasteiger partial charge in [-0.1, -0.05) is 90.5 Å². The molecule has 0 aliphatic carbocycles. The van der Waals surface area contributed by atoms with E-state index >= 15 is 0 Å². The molecule has 0 amide bonds. The molecular weight excluding hydrogens is 397 g/mol. The van der Waals surface area contributed by atoms with Crippen molar-refractivity contribution < 1.29 is 4.57 Å². The minimum Gasteiger partial charge on any atom is -0.296 e. The molecule has 0 saturated carbocycles. The lowest BCUT2D eigenvalue weighted by Crippen LogP contribution is -2.31. The second-order valence-corrected chi connectivity index (χ2v) is 9.75. The standard InChI is InChI=1S/C25H21ClNOP/c26-22-18-16-21(17-19-22)25(20-10-4-1-5-11-20)27-29(28,23-12-6-2-7-13-23)24-14-8-3-9-15-24/h1-19,25H,(H,27,28). The predicted octanol–water partition coefficient (Wildman–Crippen LogP) is 5.95. The van der Waals surface area contributed by atoms with E-state index in [0.717, 1.165) is 21.7 Å². The van der Waals surface area contributed by atoms with Gasteiger partial charge in [0.1, 0.15) is 0 Å². The van der Waals surface area contributed by atoms with Gasteiger partial charge >= 0.3 is 0 Å². The van der Waals surface area contributed by atoms with E-state index in [1.165, 1.54) is 0 Å². The van der Waals surface area contributed by atoms with Crippen LogP contribution >= 0.6 is 18.9 Å². The maximum Gasteiger partial charge on any atom is 0.205 e. The number of rotatable bonds is 6. The number of hydrogen-bond acceptors (Lipinski definition) is 1. The summed E-state index contributed by atoms with van der Waals surface area (Å²) in [6.45, 7) is 0. The zero-order valence-electron chi connectivity index (χ0n) is 15.8. The Hall–Kier alpha value is -2.64. The highest BCUT2D eigenvalue weighted by Gasteiger charge is 2.31. The summed E-state index contributed by atoms with van der Waals surface area (Å²) in [5.41, 5.74) is 2.05. The van der Waals surface area contributed by atoms with E-state index in [2.05, 4.69) is 5.09 Å². The molecule has 0 fully saturated rings. The molecule has 4 aromatic carbocycles. The summed E-state index contributed by atoms with van der Waals surface area (Å²) in [6, 6.07) is 36.8. The third-order valence-electron chi connectivity index (χ3n) is 4.89. The van der Waals surface area contributed by atoms with Crippen molar-refractivity contribution in [3.8, 4) is 0 Å². The lowest BCUT2D eigenvalue weighted by Gasteiger charge is -2.28. The van der Waals surface area contributed by atoms with Crippen molar-refractivity contribution >= 4 is 29.5 Å². The van der Waals surface area contributed by atoms with Gasteiger partial charge < -0.3 is 0 Å². The van der Waals surface area contributed by atoms with E-state index < -0.39 is 7.29 Å². The summed E-state index contributed by atoms with van der Waals surface area (Å²) < 4.78 is 14.5. The Morgan fingerprint density at radius 1 is 0.586 bits per heavy atom. The monoisotopic (exact) mass is 417 g/mol. The molecule has 0 aliphatic heterocycles. The quantitative estimate of drug-likeness (QED) is 0.393. The summed E-state index contributed by atoms with van der Waals surface area (Å²) >= 11 is 6.11. The zero-order valence-corrected chi connectivity index (χ0v) is 17.4. The molecule has 4 aromatic rings. The van der Waals surface area contributed by atoms with Crippen molar-refractivity contribution in [2.45, 2.75) is 6.04 Å². The van der Waals surface area contributed by atoms with Crippen LogP contribution in [0.1, 0.15) is 17.2 Å². The molecule has 0 bridgehead atoms. The third-order valence-corrected chi connectivity index (χ3v) is 7.81. The fourth-order valence-corrected chi connectivity index (χ4v) is 5.97. The minimum absolute atomic E-state index is 0.250. The maximum absolute atomic E-state index is 14.5. The van der Waals surface area contributed by atoms with Gasteiger partial charge in [0, 0.05) is 15.6 Å². The van der Waals surface area contributed by atoms with Crippen LogP contribution in [0.4, 0.5) is 0 Å². The maximum atomic E-state index is 14.5. The summed E-state index contributed by atoms with van der Waals surface area (Å²) in [7, 11) is -3.11. The van der Waals surface area contributed by atoms with Crippen molar-refractivity contribution in [1.29, 1.82) is 0 Å². The van der Waals surface area contributed by atoms with Crippen molar-refractivity contribution in [1.82, 2.24) is 5.09 Å². The average Bonchev–Trinajstić information content (AvgIpc) is 2.80. The van der Waals surface area contributed by atoms with Crippen LogP contribution in [0.2, 0.25) is 5.02 Å². The van der Waals surface area contributed by atoms with Gasteiger partial charge in [-0.15, -0.1) is 0 Å². The van der Waals surface area contributed by atoms with Gasteiger partial charge in [-0.3, -0.25) is 4.57 Å². The Labute approximate surface area is 176 Å². The largest absolute Gasteiger partial charge is 0.296 e. The van der Waals surface area contributed by atoms with Gasteiger partial charge in [-0.25, -0.2) is 5.09 Å². The smallest absolute Gasteiger partial charge is 0.205 e. The summed E-state index contributed by atoms with van der Waals surface area (Å²) in [6.07, 6.45) is 0. The van der Waals surface area contributed by atoms with Crippen LogP contribution in [-0.2, 0) is 4.57 Å². The molecule has 1 atom stereocenters. The van der Waals surface area contributed by atoms with Crippen LogP contribution < -0.4 is 15.7 Å². The van der Waals surface area contributed by atoms with Crippen LogP contribution in [-0.4, -0.2) is 0 Å². The molecule has 0 saturated heterocycles. The van der Waals surface area contributed by atoms with Gasteiger partial charge in [0.15, 0.2) is 0 Å². The normalized spacial score (nSPS) is 12.4. The first kappa shape index (κ1) is 19.7. The molecule has 1 N–H and O–H groups in total. The SMILES string of the molecule is O=P(NC(c1ccccc1)c1ccc(Cl)cc1)(c1ccccc1)c1ccccc1. The fourth-order valence-electron chi connectivity index (χ4n) is 3.40. The fraction of sp³-hybridized carbons (Fsp3) is 0.0400. The molecule has 2 nitrogen and oxygen atoms in total. The van der Waals surface area contributed by atoms with Gasteiger partial charge in [0.25, 0.3) is 0 Å². The van der Waals surface area contributed by atoms with Gasteiger partial charge in [0.2, 0.25) is 7.29 Å². The molecule has 0 radical (unpaired) electrons. The Bertz CT molecular complexity index is 1060. The van der Waals surface area contributed by atoms with Gasteiger partial charge in [-0.05, 0) is 47.5 Å². The Kier molecular flexibility index (Phi) is 5.97. The van der Waals surface area contributed by atoms with E-state index in [9.17, 15) is 4.57 Å². The highest BCUT2D eigenvalue weighted by molar-refractivity contribution is 7.76. The molecule has 144 valence electrons. The van der Waals surface area contributed by atoms with Crippen LogP contribution in [0, 0.1) is 0 Å². The topological polar surface area (TPSA) is 29.1 Å². The predicted molar refractivity (Wildman–Crippen MR) is 123 cm³/mol. The van der Waals surface area contributed by atoms with E-state index in [4.69, 9.17) is 11.6 Å². The van der Waals surface area contributed by atoms with Crippen LogP contribution in [0.25, 0.3) is 0 Å². The minimum atomic E-state index is -3.11. The zero-order chi connectivity index (χ0) is 20.1. The molecule has 0 aromatic heterocycles. The average molecular weight is 418 g/mol. The van der Waals surface area contributed by atoms with Crippen LogP contribution in [0.5, 0.6) is 0 Å². The number of hydrogen-bond donors (Lipinski definition) is 1. The van der Waals surface area contributed by atoms with E-state index in [0.29, 0.717) is 5.02 Å². The lowest BCUT2D eigenvalue weighted by atomic mass is 10.00. The summed E-state index contributed by atoms with van der Waals surface area (Å²) in [5.74, 6) is 0. The molecular formula is C25H21ClNOP. The second kappa shape index (κ2) is 8.80. The molecule has 0 aliphatic rings. The van der Waals surface area contributed by atoms with E-state index in [1.54, 1.807) is 0 Å². The van der Waals surface area contributed by atoms with E-state index in [-0.39, 0.29) is 6.04 Å².